The van der Waals surface area contributed by atoms with Crippen molar-refractivity contribution in [2.45, 2.75) is 25.3 Å². The molecule has 3 N–H and O–H groups in total. The molecule has 2 aliphatic heterocycles. The molecule has 0 spiro atoms. The molecule has 2 amide bonds. The summed E-state index contributed by atoms with van der Waals surface area (Å²) in [5.74, 6) is -0.0451. The van der Waals surface area contributed by atoms with E-state index in [0.29, 0.717) is 24.9 Å². The number of anilines is 1. The molecule has 1 atom stereocenters. The quantitative estimate of drug-likeness (QED) is 0.776. The second kappa shape index (κ2) is 7.89. The number of amides is 2. The van der Waals surface area contributed by atoms with Crippen LogP contribution >= 0.6 is 12.4 Å². The molecular formula is C20H22ClN3O2. The number of halogens is 1. The van der Waals surface area contributed by atoms with Crippen LogP contribution in [0.5, 0.6) is 0 Å². The number of carbonyl (C=O) groups excluding carboxylic acids is 2. The molecule has 26 heavy (non-hydrogen) atoms. The molecule has 1 unspecified atom stereocenters. The summed E-state index contributed by atoms with van der Waals surface area (Å²) in [4.78, 5) is 23.9. The smallest absolute Gasteiger partial charge is 0.251 e. The van der Waals surface area contributed by atoms with E-state index in [-0.39, 0.29) is 30.3 Å². The fourth-order valence-electron chi connectivity index (χ4n) is 3.60. The summed E-state index contributed by atoms with van der Waals surface area (Å²) in [5.41, 5.74) is 5.09. The first-order valence-corrected chi connectivity index (χ1v) is 8.73. The monoisotopic (exact) mass is 371 g/mol. The van der Waals surface area contributed by atoms with Crippen LogP contribution in [-0.2, 0) is 17.6 Å². The minimum Gasteiger partial charge on any atom is -0.350 e. The molecule has 0 saturated heterocycles. The van der Waals surface area contributed by atoms with E-state index >= 15 is 0 Å². The molecule has 5 nitrogen and oxygen atoms in total. The Hall–Kier alpha value is -2.37. The normalized spacial score (nSPS) is 18.0. The highest BCUT2D eigenvalue weighted by molar-refractivity contribution is 5.97. The number of rotatable bonds is 3. The first kappa shape index (κ1) is 18.4. The van der Waals surface area contributed by atoms with Gasteiger partial charge in [0.05, 0.1) is 0 Å². The van der Waals surface area contributed by atoms with Crippen molar-refractivity contribution < 1.29 is 9.59 Å². The van der Waals surface area contributed by atoms with E-state index in [2.05, 4.69) is 34.1 Å². The first-order chi connectivity index (χ1) is 12.2. The molecule has 0 bridgehead atoms. The summed E-state index contributed by atoms with van der Waals surface area (Å²) in [6.45, 7) is 1.49. The van der Waals surface area contributed by atoms with Crippen LogP contribution in [0.25, 0.3) is 0 Å². The molecule has 0 fully saturated rings. The molecule has 0 saturated carbocycles. The molecule has 2 aromatic rings. The van der Waals surface area contributed by atoms with Crippen LogP contribution in [0.15, 0.2) is 42.5 Å². The lowest BCUT2D eigenvalue weighted by molar-refractivity contribution is -0.116. The van der Waals surface area contributed by atoms with Crippen molar-refractivity contribution in [1.82, 2.24) is 10.6 Å². The SMILES string of the molecule is Cl.O=C1CCc2cc(C(=O)NCC3NCCc4ccccc43)ccc2N1. The Morgan fingerprint density at radius 3 is 2.81 bits per heavy atom. The molecule has 2 aliphatic rings. The Morgan fingerprint density at radius 2 is 1.92 bits per heavy atom. The zero-order valence-corrected chi connectivity index (χ0v) is 15.2. The maximum absolute atomic E-state index is 12.5. The predicted molar refractivity (Wildman–Crippen MR) is 104 cm³/mol. The summed E-state index contributed by atoms with van der Waals surface area (Å²) in [5, 5.41) is 9.35. The summed E-state index contributed by atoms with van der Waals surface area (Å²) in [6.07, 6.45) is 2.18. The summed E-state index contributed by atoms with van der Waals surface area (Å²) in [7, 11) is 0. The van der Waals surface area contributed by atoms with E-state index in [1.54, 1.807) is 6.07 Å². The lowest BCUT2D eigenvalue weighted by atomic mass is 9.94. The number of hydrogen-bond donors (Lipinski definition) is 3. The molecule has 0 aromatic heterocycles. The molecule has 4 rings (SSSR count). The van der Waals surface area contributed by atoms with Gasteiger partial charge in [-0.1, -0.05) is 24.3 Å². The molecular weight excluding hydrogens is 350 g/mol. The Balaban J connectivity index is 0.00000196. The van der Waals surface area contributed by atoms with Crippen LogP contribution in [0.4, 0.5) is 5.69 Å². The Morgan fingerprint density at radius 1 is 1.08 bits per heavy atom. The molecule has 2 aromatic carbocycles. The molecule has 136 valence electrons. The third kappa shape index (κ3) is 3.74. The number of hydrogen-bond acceptors (Lipinski definition) is 3. The van der Waals surface area contributed by atoms with Crippen LogP contribution in [0.3, 0.4) is 0 Å². The zero-order valence-electron chi connectivity index (χ0n) is 14.4. The first-order valence-electron chi connectivity index (χ1n) is 8.73. The van der Waals surface area contributed by atoms with Crippen LogP contribution in [-0.4, -0.2) is 24.9 Å². The van der Waals surface area contributed by atoms with Gasteiger partial charge in [-0.05, 0) is 54.3 Å². The topological polar surface area (TPSA) is 70.2 Å². The average Bonchev–Trinajstić information content (AvgIpc) is 2.65. The van der Waals surface area contributed by atoms with Gasteiger partial charge in [0.25, 0.3) is 5.91 Å². The van der Waals surface area contributed by atoms with E-state index in [1.165, 1.54) is 11.1 Å². The van der Waals surface area contributed by atoms with E-state index in [9.17, 15) is 9.59 Å². The third-order valence-corrected chi connectivity index (χ3v) is 4.95. The highest BCUT2D eigenvalue weighted by Gasteiger charge is 2.21. The highest BCUT2D eigenvalue weighted by Crippen LogP contribution is 2.24. The Labute approximate surface area is 159 Å². The molecule has 2 heterocycles. The zero-order chi connectivity index (χ0) is 17.2. The highest BCUT2D eigenvalue weighted by atomic mass is 35.5. The van der Waals surface area contributed by atoms with Crippen molar-refractivity contribution in [3.8, 4) is 0 Å². The molecule has 0 aliphatic carbocycles. The van der Waals surface area contributed by atoms with Gasteiger partial charge in [-0.15, -0.1) is 12.4 Å². The van der Waals surface area contributed by atoms with Crippen molar-refractivity contribution in [3.05, 3.63) is 64.7 Å². The molecule has 6 heteroatoms. The van der Waals surface area contributed by atoms with Crippen molar-refractivity contribution in [1.29, 1.82) is 0 Å². The van der Waals surface area contributed by atoms with E-state index in [1.807, 2.05) is 18.2 Å². The van der Waals surface area contributed by atoms with Gasteiger partial charge in [-0.3, -0.25) is 9.59 Å². The number of benzene rings is 2. The van der Waals surface area contributed by atoms with Gasteiger partial charge < -0.3 is 16.0 Å². The van der Waals surface area contributed by atoms with Crippen molar-refractivity contribution in [2.24, 2.45) is 0 Å². The van der Waals surface area contributed by atoms with Gasteiger partial charge >= 0.3 is 0 Å². The number of aryl methyl sites for hydroxylation is 1. The lowest BCUT2D eigenvalue weighted by Crippen LogP contribution is -2.38. The number of carbonyl (C=O) groups is 2. The van der Waals surface area contributed by atoms with E-state index in [4.69, 9.17) is 0 Å². The minimum atomic E-state index is -0.0791. The van der Waals surface area contributed by atoms with Gasteiger partial charge in [0, 0.05) is 30.3 Å². The number of nitrogens with one attached hydrogen (secondary N) is 3. The summed E-state index contributed by atoms with van der Waals surface area (Å²) in [6, 6.07) is 14.0. The van der Waals surface area contributed by atoms with Crippen LogP contribution in [0, 0.1) is 0 Å². The van der Waals surface area contributed by atoms with Gasteiger partial charge in [0.15, 0.2) is 0 Å². The third-order valence-electron chi connectivity index (χ3n) is 4.95. The van der Waals surface area contributed by atoms with Gasteiger partial charge in [0.1, 0.15) is 0 Å². The largest absolute Gasteiger partial charge is 0.350 e. The van der Waals surface area contributed by atoms with E-state index in [0.717, 1.165) is 24.2 Å². The maximum atomic E-state index is 12.5. The van der Waals surface area contributed by atoms with E-state index < -0.39 is 0 Å². The van der Waals surface area contributed by atoms with Crippen LogP contribution < -0.4 is 16.0 Å². The standard InChI is InChI=1S/C20H21N3O2.ClH/c24-19-8-6-14-11-15(5-7-17(14)23-19)20(25)22-12-18-16-4-2-1-3-13(16)9-10-21-18;/h1-5,7,11,18,21H,6,8-10,12H2,(H,22,25)(H,23,24);1H. The average molecular weight is 372 g/mol. The van der Waals surface area contributed by atoms with Gasteiger partial charge in [0.2, 0.25) is 5.91 Å². The maximum Gasteiger partial charge on any atom is 0.251 e. The Kier molecular flexibility index (Phi) is 5.59. The Bertz CT molecular complexity index is 838. The van der Waals surface area contributed by atoms with Gasteiger partial charge in [-0.25, -0.2) is 0 Å². The fourth-order valence-corrected chi connectivity index (χ4v) is 3.60. The summed E-state index contributed by atoms with van der Waals surface area (Å²) >= 11 is 0. The lowest BCUT2D eigenvalue weighted by Gasteiger charge is -2.27. The second-order valence-corrected chi connectivity index (χ2v) is 6.59. The predicted octanol–water partition coefficient (Wildman–Crippen LogP) is 2.61. The summed E-state index contributed by atoms with van der Waals surface area (Å²) < 4.78 is 0. The van der Waals surface area contributed by atoms with Gasteiger partial charge in [-0.2, -0.15) is 0 Å². The van der Waals surface area contributed by atoms with Crippen LogP contribution in [0.2, 0.25) is 0 Å². The van der Waals surface area contributed by atoms with Crippen molar-refractivity contribution in [3.63, 3.8) is 0 Å². The number of fused-ring (bicyclic) bond motifs is 2. The van der Waals surface area contributed by atoms with Crippen LogP contribution in [0.1, 0.15) is 39.5 Å². The van der Waals surface area contributed by atoms with Crippen molar-refractivity contribution in [2.75, 3.05) is 18.4 Å². The fraction of sp³-hybridized carbons (Fsp3) is 0.300. The van der Waals surface area contributed by atoms with Crippen molar-refractivity contribution >= 4 is 29.9 Å². The molecule has 0 radical (unpaired) electrons. The minimum absolute atomic E-state index is 0. The second-order valence-electron chi connectivity index (χ2n) is 6.59.